The van der Waals surface area contributed by atoms with Crippen LogP contribution in [0.5, 0.6) is 11.5 Å². The Bertz CT molecular complexity index is 1280. The van der Waals surface area contributed by atoms with Gasteiger partial charge in [0.15, 0.2) is 0 Å². The highest BCUT2D eigenvalue weighted by molar-refractivity contribution is 5.94. The van der Waals surface area contributed by atoms with Crippen molar-refractivity contribution in [1.29, 1.82) is 0 Å². The van der Waals surface area contributed by atoms with Gasteiger partial charge in [-0.1, -0.05) is 30.3 Å². The number of piperidine rings is 1. The number of aromatic hydroxyl groups is 1. The zero-order chi connectivity index (χ0) is 26.6. The molecule has 7 nitrogen and oxygen atoms in total. The number of phenolic OH excluding ortho intramolecular Hbond substituents is 1. The van der Waals surface area contributed by atoms with Crippen LogP contribution in [0, 0.1) is 5.92 Å². The first-order valence-electron chi connectivity index (χ1n) is 13.2. The molecule has 1 unspecified atom stereocenters. The molecule has 38 heavy (non-hydrogen) atoms. The first kappa shape index (κ1) is 25.8. The molecule has 3 aromatic rings. The third-order valence-corrected chi connectivity index (χ3v) is 7.42. The van der Waals surface area contributed by atoms with Crippen molar-refractivity contribution in [1.82, 2.24) is 9.80 Å². The van der Waals surface area contributed by atoms with Gasteiger partial charge in [-0.3, -0.25) is 9.59 Å². The second-order valence-electron chi connectivity index (χ2n) is 10.3. The molecule has 198 valence electrons. The Labute approximate surface area is 223 Å². The average Bonchev–Trinajstić information content (AvgIpc) is 2.96. The summed E-state index contributed by atoms with van der Waals surface area (Å²) in [5.74, 6) is 1.47. The van der Waals surface area contributed by atoms with Crippen molar-refractivity contribution in [3.05, 3.63) is 83.4 Å². The van der Waals surface area contributed by atoms with Gasteiger partial charge in [0.05, 0.1) is 6.61 Å². The van der Waals surface area contributed by atoms with Gasteiger partial charge in [-0.2, -0.15) is 0 Å². The molecule has 1 fully saturated rings. The van der Waals surface area contributed by atoms with E-state index in [9.17, 15) is 14.7 Å². The van der Waals surface area contributed by atoms with Gasteiger partial charge in [-0.05, 0) is 72.4 Å². The molecule has 3 aromatic carbocycles. The Morgan fingerprint density at radius 1 is 0.947 bits per heavy atom. The molecular weight excluding hydrogens is 480 g/mol. The van der Waals surface area contributed by atoms with Crippen LogP contribution in [0.15, 0.2) is 66.7 Å². The quantitative estimate of drug-likeness (QED) is 0.508. The van der Waals surface area contributed by atoms with E-state index in [1.165, 1.54) is 0 Å². The Balaban J connectivity index is 1.13. The van der Waals surface area contributed by atoms with Gasteiger partial charge in [0.25, 0.3) is 5.91 Å². The van der Waals surface area contributed by atoms with Crippen LogP contribution in [0.2, 0.25) is 0 Å². The zero-order valence-electron chi connectivity index (χ0n) is 21.9. The molecule has 0 radical (unpaired) electrons. The largest absolute Gasteiger partial charge is 0.508 e. The highest BCUT2D eigenvalue weighted by Gasteiger charge is 2.33. The molecule has 2 heterocycles. The van der Waals surface area contributed by atoms with Crippen LogP contribution in [0.1, 0.15) is 40.7 Å². The number of fused-ring (bicyclic) bond motifs is 1. The Hall–Kier alpha value is -3.84. The van der Waals surface area contributed by atoms with Crippen LogP contribution in [0.4, 0.5) is 0 Å². The van der Waals surface area contributed by atoms with Gasteiger partial charge in [0.1, 0.15) is 11.5 Å². The third kappa shape index (κ3) is 5.83. The molecule has 0 spiro atoms. The monoisotopic (exact) mass is 514 g/mol. The fourth-order valence-electron chi connectivity index (χ4n) is 5.11. The number of carbonyl (C=O) groups excluding carboxylic acids is 2. The fraction of sp³-hybridized carbons (Fsp3) is 0.355. The summed E-state index contributed by atoms with van der Waals surface area (Å²) in [5, 5.41) is 9.42. The summed E-state index contributed by atoms with van der Waals surface area (Å²) in [5.41, 5.74) is 4.81. The lowest BCUT2D eigenvalue weighted by atomic mass is 9.94. The van der Waals surface area contributed by atoms with Crippen molar-refractivity contribution in [2.24, 2.45) is 5.92 Å². The molecule has 2 amide bonds. The number of carbonyl (C=O) groups is 2. The number of likely N-dealkylation sites (tertiary alicyclic amines) is 1. The van der Waals surface area contributed by atoms with Crippen molar-refractivity contribution in [3.63, 3.8) is 0 Å². The van der Waals surface area contributed by atoms with Crippen molar-refractivity contribution in [2.45, 2.75) is 38.6 Å². The number of hydrogen-bond acceptors (Lipinski definition) is 5. The lowest BCUT2D eigenvalue weighted by Crippen LogP contribution is -2.44. The predicted molar refractivity (Wildman–Crippen MR) is 145 cm³/mol. The molecule has 0 saturated carbocycles. The van der Waals surface area contributed by atoms with Crippen LogP contribution in [-0.2, 0) is 22.6 Å². The molecule has 0 bridgehead atoms. The topological polar surface area (TPSA) is 79.3 Å². The van der Waals surface area contributed by atoms with Gasteiger partial charge in [0.2, 0.25) is 12.2 Å². The molecule has 1 N–H and O–H groups in total. The summed E-state index contributed by atoms with van der Waals surface area (Å²) in [6, 6.07) is 20.8. The molecule has 0 aliphatic carbocycles. The minimum Gasteiger partial charge on any atom is -0.508 e. The molecule has 1 atom stereocenters. The molecule has 2 aliphatic heterocycles. The fourth-order valence-corrected chi connectivity index (χ4v) is 5.11. The minimum atomic E-state index is -0.307. The van der Waals surface area contributed by atoms with E-state index in [0.717, 1.165) is 40.8 Å². The summed E-state index contributed by atoms with van der Waals surface area (Å²) in [6.45, 7) is 1.90. The van der Waals surface area contributed by atoms with Crippen molar-refractivity contribution >= 4 is 11.8 Å². The zero-order valence-corrected chi connectivity index (χ0v) is 21.9. The minimum absolute atomic E-state index is 0.0147. The standard InChI is InChI=1S/C31H34N2O5/c1-32(2)30(36)23-8-6-22(7-9-23)25-10-13-28-26(19-25)20-37-31(38-28)24-15-17-33(18-16-24)29(35)14-5-21-3-11-27(34)12-4-21/h3-4,6-13,19,24,31,34H,5,14-18,20H2,1-2H3. The van der Waals surface area contributed by atoms with Crippen LogP contribution in [0.3, 0.4) is 0 Å². The van der Waals surface area contributed by atoms with E-state index in [1.807, 2.05) is 53.4 Å². The molecule has 5 rings (SSSR count). The van der Waals surface area contributed by atoms with E-state index in [0.29, 0.717) is 38.1 Å². The maximum absolute atomic E-state index is 12.7. The first-order chi connectivity index (χ1) is 18.4. The van der Waals surface area contributed by atoms with Crippen LogP contribution in [-0.4, -0.2) is 60.2 Å². The van der Waals surface area contributed by atoms with E-state index < -0.39 is 0 Å². The summed E-state index contributed by atoms with van der Waals surface area (Å²) in [6.07, 6.45) is 2.53. The summed E-state index contributed by atoms with van der Waals surface area (Å²) in [4.78, 5) is 28.4. The Morgan fingerprint density at radius 3 is 2.32 bits per heavy atom. The number of aryl methyl sites for hydroxylation is 1. The van der Waals surface area contributed by atoms with Crippen LogP contribution < -0.4 is 4.74 Å². The normalized spacial score (nSPS) is 17.4. The van der Waals surface area contributed by atoms with Crippen molar-refractivity contribution < 1.29 is 24.2 Å². The van der Waals surface area contributed by atoms with E-state index in [2.05, 4.69) is 6.07 Å². The molecular formula is C31H34N2O5. The number of nitrogens with zero attached hydrogens (tertiary/aromatic N) is 2. The van der Waals surface area contributed by atoms with Crippen molar-refractivity contribution in [2.75, 3.05) is 27.2 Å². The second-order valence-corrected chi connectivity index (χ2v) is 10.3. The maximum Gasteiger partial charge on any atom is 0.253 e. The molecule has 2 aliphatic rings. The molecule has 7 heteroatoms. The average molecular weight is 515 g/mol. The predicted octanol–water partition coefficient (Wildman–Crippen LogP) is 4.87. The number of phenols is 1. The first-order valence-corrected chi connectivity index (χ1v) is 13.2. The van der Waals surface area contributed by atoms with E-state index in [-0.39, 0.29) is 29.8 Å². The van der Waals surface area contributed by atoms with Crippen LogP contribution in [0.25, 0.3) is 11.1 Å². The molecule has 0 aromatic heterocycles. The number of hydrogen-bond donors (Lipinski definition) is 1. The van der Waals surface area contributed by atoms with Gasteiger partial charge in [-0.15, -0.1) is 0 Å². The summed E-state index contributed by atoms with van der Waals surface area (Å²) >= 11 is 0. The highest BCUT2D eigenvalue weighted by atomic mass is 16.7. The van der Waals surface area contributed by atoms with Gasteiger partial charge in [-0.25, -0.2) is 0 Å². The lowest BCUT2D eigenvalue weighted by Gasteiger charge is -2.37. The number of rotatable bonds is 6. The maximum atomic E-state index is 12.7. The summed E-state index contributed by atoms with van der Waals surface area (Å²) in [7, 11) is 3.49. The number of ether oxygens (including phenoxy) is 2. The van der Waals surface area contributed by atoms with Gasteiger partial charge in [0, 0.05) is 50.7 Å². The lowest BCUT2D eigenvalue weighted by molar-refractivity contribution is -0.154. The van der Waals surface area contributed by atoms with E-state index in [1.54, 1.807) is 31.1 Å². The third-order valence-electron chi connectivity index (χ3n) is 7.42. The van der Waals surface area contributed by atoms with Gasteiger partial charge >= 0.3 is 0 Å². The Morgan fingerprint density at radius 2 is 1.63 bits per heavy atom. The summed E-state index contributed by atoms with van der Waals surface area (Å²) < 4.78 is 12.4. The second kappa shape index (κ2) is 11.3. The number of benzene rings is 3. The Kier molecular flexibility index (Phi) is 7.65. The van der Waals surface area contributed by atoms with E-state index >= 15 is 0 Å². The number of amides is 2. The van der Waals surface area contributed by atoms with E-state index in [4.69, 9.17) is 9.47 Å². The smallest absolute Gasteiger partial charge is 0.253 e. The molecule has 1 saturated heterocycles. The highest BCUT2D eigenvalue weighted by Crippen LogP contribution is 2.35. The SMILES string of the molecule is CN(C)C(=O)c1ccc(-c2ccc3c(c2)COC(C2CCN(C(=O)CCc4ccc(O)cc4)CC2)O3)cc1. The van der Waals surface area contributed by atoms with Crippen molar-refractivity contribution in [3.8, 4) is 22.6 Å². The van der Waals surface area contributed by atoms with Crippen LogP contribution >= 0.6 is 0 Å². The van der Waals surface area contributed by atoms with Gasteiger partial charge < -0.3 is 24.4 Å².